The van der Waals surface area contributed by atoms with Gasteiger partial charge in [0.1, 0.15) is 6.54 Å². The fourth-order valence-corrected chi connectivity index (χ4v) is 2.02. The summed E-state index contributed by atoms with van der Waals surface area (Å²) in [4.78, 5) is 35.3. The molecule has 1 atom stereocenters. The third-order valence-corrected chi connectivity index (χ3v) is 3.34. The molecule has 0 aliphatic heterocycles. The highest BCUT2D eigenvalue weighted by atomic mass is 79.9. The fraction of sp³-hybridized carbons (Fsp3) is 0.438. The molecule has 0 aliphatic rings. The molecule has 2 N–H and O–H groups in total. The molecule has 0 bridgehead atoms. The van der Waals surface area contributed by atoms with Crippen LogP contribution >= 0.6 is 15.9 Å². The summed E-state index contributed by atoms with van der Waals surface area (Å²) in [5.74, 6) is -1.10. The number of hydrogen-bond donors (Lipinski definition) is 2. The highest BCUT2D eigenvalue weighted by molar-refractivity contribution is 9.10. The van der Waals surface area contributed by atoms with Gasteiger partial charge in [-0.25, -0.2) is 0 Å². The molecular formula is C16H21BrN2O4. The molecule has 23 heavy (non-hydrogen) atoms. The SMILES string of the molecule is CC(C)CNC(=O)C(C)OC(=O)CNC(=O)c1cccc(Br)c1. The van der Waals surface area contributed by atoms with E-state index in [0.717, 1.165) is 4.47 Å². The highest BCUT2D eigenvalue weighted by Gasteiger charge is 2.18. The van der Waals surface area contributed by atoms with Crippen LogP contribution in [-0.2, 0) is 14.3 Å². The van der Waals surface area contributed by atoms with Gasteiger partial charge in [-0.05, 0) is 31.0 Å². The number of amides is 2. The van der Waals surface area contributed by atoms with E-state index in [2.05, 4.69) is 26.6 Å². The van der Waals surface area contributed by atoms with Gasteiger partial charge in [0.15, 0.2) is 6.10 Å². The molecule has 126 valence electrons. The molecule has 6 nitrogen and oxygen atoms in total. The summed E-state index contributed by atoms with van der Waals surface area (Å²) in [6.07, 6.45) is -0.899. The summed E-state index contributed by atoms with van der Waals surface area (Å²) in [6, 6.07) is 6.79. The van der Waals surface area contributed by atoms with E-state index in [9.17, 15) is 14.4 Å². The summed E-state index contributed by atoms with van der Waals surface area (Å²) in [5.41, 5.74) is 0.426. The smallest absolute Gasteiger partial charge is 0.326 e. The maximum absolute atomic E-state index is 11.9. The maximum Gasteiger partial charge on any atom is 0.326 e. The molecule has 0 fully saturated rings. The molecule has 0 saturated carbocycles. The van der Waals surface area contributed by atoms with Crippen LogP contribution in [0.3, 0.4) is 0 Å². The normalized spacial score (nSPS) is 11.7. The van der Waals surface area contributed by atoms with Crippen LogP contribution in [0.1, 0.15) is 31.1 Å². The number of benzene rings is 1. The minimum absolute atomic E-state index is 0.298. The number of carbonyl (C=O) groups is 3. The van der Waals surface area contributed by atoms with Crippen molar-refractivity contribution < 1.29 is 19.1 Å². The Labute approximate surface area is 144 Å². The Morgan fingerprint density at radius 1 is 1.17 bits per heavy atom. The van der Waals surface area contributed by atoms with E-state index >= 15 is 0 Å². The molecule has 0 aliphatic carbocycles. The van der Waals surface area contributed by atoms with Crippen LogP contribution in [0.15, 0.2) is 28.7 Å². The van der Waals surface area contributed by atoms with Gasteiger partial charge in [0.25, 0.3) is 11.8 Å². The predicted molar refractivity (Wildman–Crippen MR) is 89.9 cm³/mol. The van der Waals surface area contributed by atoms with Crippen molar-refractivity contribution in [3.63, 3.8) is 0 Å². The monoisotopic (exact) mass is 384 g/mol. The third-order valence-electron chi connectivity index (χ3n) is 2.84. The molecule has 1 aromatic rings. The van der Waals surface area contributed by atoms with Gasteiger partial charge in [-0.1, -0.05) is 35.8 Å². The molecule has 0 heterocycles. The number of ether oxygens (including phenoxy) is 1. The first-order valence-electron chi connectivity index (χ1n) is 7.30. The quantitative estimate of drug-likeness (QED) is 0.702. The maximum atomic E-state index is 11.9. The Hall–Kier alpha value is -1.89. The van der Waals surface area contributed by atoms with E-state index in [1.165, 1.54) is 6.92 Å². The molecule has 0 radical (unpaired) electrons. The van der Waals surface area contributed by atoms with E-state index in [0.29, 0.717) is 18.0 Å². The molecule has 7 heteroatoms. The van der Waals surface area contributed by atoms with Gasteiger partial charge >= 0.3 is 5.97 Å². The molecule has 1 rings (SSSR count). The van der Waals surface area contributed by atoms with Gasteiger partial charge in [-0.3, -0.25) is 14.4 Å². The first kappa shape index (κ1) is 19.2. The summed E-state index contributed by atoms with van der Waals surface area (Å²) < 4.78 is 5.75. The Bertz CT molecular complexity index is 575. The van der Waals surface area contributed by atoms with Crippen LogP contribution in [0.2, 0.25) is 0 Å². The molecule has 1 aromatic carbocycles. The molecule has 2 amide bonds. The second-order valence-corrected chi connectivity index (χ2v) is 6.38. The van der Waals surface area contributed by atoms with Crippen molar-refractivity contribution in [2.24, 2.45) is 5.92 Å². The zero-order valence-electron chi connectivity index (χ0n) is 13.4. The van der Waals surface area contributed by atoms with Crippen LogP contribution in [0, 0.1) is 5.92 Å². The number of rotatable bonds is 7. The van der Waals surface area contributed by atoms with Crippen molar-refractivity contribution in [1.82, 2.24) is 10.6 Å². The third kappa shape index (κ3) is 7.27. The van der Waals surface area contributed by atoms with Gasteiger partial charge in [0, 0.05) is 16.6 Å². The minimum Gasteiger partial charge on any atom is -0.451 e. The number of nitrogens with one attached hydrogen (secondary N) is 2. The lowest BCUT2D eigenvalue weighted by Gasteiger charge is -2.14. The number of esters is 1. The number of halogens is 1. The Morgan fingerprint density at radius 2 is 1.87 bits per heavy atom. The first-order valence-corrected chi connectivity index (χ1v) is 8.10. The van der Waals surface area contributed by atoms with Crippen LogP contribution in [-0.4, -0.2) is 37.0 Å². The van der Waals surface area contributed by atoms with Crippen molar-refractivity contribution in [2.75, 3.05) is 13.1 Å². The lowest BCUT2D eigenvalue weighted by molar-refractivity contribution is -0.153. The van der Waals surface area contributed by atoms with Gasteiger partial charge in [0.2, 0.25) is 0 Å². The zero-order valence-corrected chi connectivity index (χ0v) is 15.0. The van der Waals surface area contributed by atoms with Crippen LogP contribution in [0.5, 0.6) is 0 Å². The van der Waals surface area contributed by atoms with Crippen molar-refractivity contribution in [3.8, 4) is 0 Å². The van der Waals surface area contributed by atoms with Crippen molar-refractivity contribution >= 4 is 33.7 Å². The Balaban J connectivity index is 2.39. The Morgan fingerprint density at radius 3 is 2.48 bits per heavy atom. The summed E-state index contributed by atoms with van der Waals surface area (Å²) in [7, 11) is 0. The minimum atomic E-state index is -0.899. The molecule has 0 spiro atoms. The lowest BCUT2D eigenvalue weighted by Crippen LogP contribution is -2.39. The van der Waals surface area contributed by atoms with Gasteiger partial charge in [-0.15, -0.1) is 0 Å². The molecular weight excluding hydrogens is 364 g/mol. The van der Waals surface area contributed by atoms with Crippen molar-refractivity contribution in [1.29, 1.82) is 0 Å². The van der Waals surface area contributed by atoms with Crippen molar-refractivity contribution in [3.05, 3.63) is 34.3 Å². The van der Waals surface area contributed by atoms with E-state index in [-0.39, 0.29) is 18.4 Å². The Kier molecular flexibility index (Phi) is 7.74. The first-order chi connectivity index (χ1) is 10.8. The summed E-state index contributed by atoms with van der Waals surface area (Å²) >= 11 is 3.27. The number of carbonyl (C=O) groups excluding carboxylic acids is 3. The second-order valence-electron chi connectivity index (χ2n) is 5.46. The molecule has 0 saturated heterocycles. The van der Waals surface area contributed by atoms with Crippen LogP contribution < -0.4 is 10.6 Å². The highest BCUT2D eigenvalue weighted by Crippen LogP contribution is 2.11. The fourth-order valence-electron chi connectivity index (χ4n) is 1.63. The average Bonchev–Trinajstić information content (AvgIpc) is 2.50. The van der Waals surface area contributed by atoms with E-state index in [1.807, 2.05) is 13.8 Å². The van der Waals surface area contributed by atoms with E-state index < -0.39 is 12.1 Å². The summed E-state index contributed by atoms with van der Waals surface area (Å²) in [6.45, 7) is 5.64. The van der Waals surface area contributed by atoms with Crippen molar-refractivity contribution in [2.45, 2.75) is 26.9 Å². The molecule has 1 unspecified atom stereocenters. The van der Waals surface area contributed by atoms with Crippen LogP contribution in [0.4, 0.5) is 0 Å². The summed E-state index contributed by atoms with van der Waals surface area (Å²) in [5, 5.41) is 5.13. The zero-order chi connectivity index (χ0) is 17.4. The van der Waals surface area contributed by atoms with E-state index in [1.54, 1.807) is 24.3 Å². The van der Waals surface area contributed by atoms with Crippen LogP contribution in [0.25, 0.3) is 0 Å². The second kappa shape index (κ2) is 9.29. The lowest BCUT2D eigenvalue weighted by atomic mass is 10.2. The standard InChI is InChI=1S/C16H21BrN2O4/c1-10(2)8-18-15(21)11(3)23-14(20)9-19-16(22)12-5-4-6-13(17)7-12/h4-7,10-11H,8-9H2,1-3H3,(H,18,21)(H,19,22). The predicted octanol–water partition coefficient (Wildman–Crippen LogP) is 1.88. The molecule has 0 aromatic heterocycles. The number of hydrogen-bond acceptors (Lipinski definition) is 4. The topological polar surface area (TPSA) is 84.5 Å². The van der Waals surface area contributed by atoms with Gasteiger partial charge in [-0.2, -0.15) is 0 Å². The van der Waals surface area contributed by atoms with Gasteiger partial charge in [0.05, 0.1) is 0 Å². The van der Waals surface area contributed by atoms with Gasteiger partial charge < -0.3 is 15.4 Å². The average molecular weight is 385 g/mol. The largest absolute Gasteiger partial charge is 0.451 e. The van der Waals surface area contributed by atoms with E-state index in [4.69, 9.17) is 4.74 Å².